The average Bonchev–Trinajstić information content (AvgIpc) is 2.79. The molecule has 0 aromatic heterocycles. The van der Waals surface area contributed by atoms with Crippen LogP contribution >= 0.6 is 0 Å². The second-order valence-corrected chi connectivity index (χ2v) is 8.34. The number of hydrogen-bond donors (Lipinski definition) is 9. The number of phenols is 1. The number of aliphatic hydroxyl groups excluding tert-OH is 1. The minimum Gasteiger partial charge on any atom is -0.508 e. The largest absolute Gasteiger partial charge is 0.508 e. The van der Waals surface area contributed by atoms with Crippen LogP contribution in [0.3, 0.4) is 0 Å². The Bertz CT molecular complexity index is 999. The molecule has 5 amide bonds. The Morgan fingerprint density at radius 2 is 1.43 bits per heavy atom. The maximum atomic E-state index is 12.9. The van der Waals surface area contributed by atoms with Crippen molar-refractivity contribution in [2.24, 2.45) is 17.2 Å². The first kappa shape index (κ1) is 30.8. The van der Waals surface area contributed by atoms with Crippen LogP contribution in [0.2, 0.25) is 0 Å². The Kier molecular flexibility index (Phi) is 11.9. The van der Waals surface area contributed by atoms with Crippen molar-refractivity contribution in [1.82, 2.24) is 16.0 Å². The van der Waals surface area contributed by atoms with Crippen LogP contribution in [0, 0.1) is 0 Å². The van der Waals surface area contributed by atoms with Crippen LogP contribution < -0.4 is 33.2 Å². The van der Waals surface area contributed by atoms with Gasteiger partial charge in [-0.25, -0.2) is 4.79 Å². The first-order valence-electron chi connectivity index (χ1n) is 11.1. The number of carboxylic acid groups (broad SMARTS) is 1. The molecule has 0 heterocycles. The first-order chi connectivity index (χ1) is 17.2. The topological polar surface area (TPSA) is 277 Å². The molecule has 1 aromatic rings. The summed E-state index contributed by atoms with van der Waals surface area (Å²) in [6.07, 6.45) is -2.84. The monoisotopic (exact) mass is 524 g/mol. The second-order valence-electron chi connectivity index (χ2n) is 8.34. The van der Waals surface area contributed by atoms with E-state index in [1.807, 2.05) is 0 Å². The standard InChI is InChI=1S/C22H32N6O9/c1-10(29)18(21(35)27-15(22(36)37)8-11-2-4-12(30)5-3-11)28-20(34)14(6-7-16(24)31)26-19(33)13(23)9-17(25)32/h2-5,10,13-15,18,29-30H,6-9,23H2,1H3,(H2,24,31)(H2,25,32)(H,26,33)(H,27,35)(H,28,34)(H,36,37). The molecule has 0 aliphatic heterocycles. The number of benzene rings is 1. The second kappa shape index (κ2) is 14.4. The van der Waals surface area contributed by atoms with Crippen LogP contribution in [0.4, 0.5) is 0 Å². The number of phenolic OH excluding ortho intramolecular Hbond substituents is 1. The Morgan fingerprint density at radius 3 is 1.92 bits per heavy atom. The third-order valence-corrected chi connectivity index (χ3v) is 5.12. The number of carboxylic acids is 1. The van der Waals surface area contributed by atoms with Gasteiger partial charge in [-0.3, -0.25) is 24.0 Å². The molecule has 0 fully saturated rings. The molecule has 0 saturated carbocycles. The summed E-state index contributed by atoms with van der Waals surface area (Å²) < 4.78 is 0. The predicted molar refractivity (Wildman–Crippen MR) is 127 cm³/mol. The summed E-state index contributed by atoms with van der Waals surface area (Å²) in [5, 5.41) is 35.6. The average molecular weight is 525 g/mol. The van der Waals surface area contributed by atoms with E-state index in [9.17, 15) is 44.1 Å². The number of carbonyl (C=O) groups is 6. The molecule has 12 N–H and O–H groups in total. The van der Waals surface area contributed by atoms with Crippen LogP contribution in [0.1, 0.15) is 31.7 Å². The van der Waals surface area contributed by atoms with Crippen LogP contribution in [0.5, 0.6) is 5.75 Å². The summed E-state index contributed by atoms with van der Waals surface area (Å²) >= 11 is 0. The Labute approximate surface area is 211 Å². The molecule has 5 atom stereocenters. The highest BCUT2D eigenvalue weighted by Gasteiger charge is 2.33. The van der Waals surface area contributed by atoms with Crippen LogP contribution in [0.25, 0.3) is 0 Å². The van der Waals surface area contributed by atoms with Gasteiger partial charge in [-0.1, -0.05) is 12.1 Å². The molecule has 15 heteroatoms. The molecule has 0 saturated heterocycles. The van der Waals surface area contributed by atoms with E-state index in [0.29, 0.717) is 5.56 Å². The number of amides is 5. The molecule has 0 spiro atoms. The lowest BCUT2D eigenvalue weighted by atomic mass is 10.0. The molecular formula is C22H32N6O9. The molecule has 0 aliphatic carbocycles. The zero-order valence-electron chi connectivity index (χ0n) is 20.0. The molecule has 204 valence electrons. The summed E-state index contributed by atoms with van der Waals surface area (Å²) in [5.41, 5.74) is 16.2. The number of aliphatic carboxylic acids is 1. The fraction of sp³-hybridized carbons (Fsp3) is 0.455. The third kappa shape index (κ3) is 10.9. The van der Waals surface area contributed by atoms with E-state index in [-0.39, 0.29) is 25.0 Å². The number of nitrogens with one attached hydrogen (secondary N) is 3. The molecule has 0 bridgehead atoms. The molecule has 5 unspecified atom stereocenters. The van der Waals surface area contributed by atoms with Crippen molar-refractivity contribution in [2.45, 2.75) is 62.9 Å². The van der Waals surface area contributed by atoms with Gasteiger partial charge in [0.1, 0.15) is 23.9 Å². The van der Waals surface area contributed by atoms with Gasteiger partial charge in [0, 0.05) is 12.8 Å². The van der Waals surface area contributed by atoms with Gasteiger partial charge in [-0.15, -0.1) is 0 Å². The number of aromatic hydroxyl groups is 1. The van der Waals surface area contributed by atoms with Crippen molar-refractivity contribution in [3.05, 3.63) is 29.8 Å². The van der Waals surface area contributed by atoms with Gasteiger partial charge in [0.05, 0.1) is 18.6 Å². The van der Waals surface area contributed by atoms with Crippen LogP contribution in [-0.4, -0.2) is 81.1 Å². The molecule has 1 rings (SSSR count). The predicted octanol–water partition coefficient (Wildman–Crippen LogP) is -3.68. The summed E-state index contributed by atoms with van der Waals surface area (Å²) in [6.45, 7) is 1.17. The van der Waals surface area contributed by atoms with Gasteiger partial charge in [0.15, 0.2) is 0 Å². The fourth-order valence-corrected chi connectivity index (χ4v) is 3.13. The highest BCUT2D eigenvalue weighted by atomic mass is 16.4. The van der Waals surface area contributed by atoms with Gasteiger partial charge in [0.2, 0.25) is 29.5 Å². The van der Waals surface area contributed by atoms with E-state index in [1.165, 1.54) is 31.2 Å². The van der Waals surface area contributed by atoms with E-state index in [1.54, 1.807) is 0 Å². The SMILES string of the molecule is CC(O)C(NC(=O)C(CCC(N)=O)NC(=O)C(N)CC(N)=O)C(=O)NC(Cc1ccc(O)cc1)C(=O)O. The highest BCUT2D eigenvalue weighted by Crippen LogP contribution is 2.12. The van der Waals surface area contributed by atoms with Crippen molar-refractivity contribution in [3.8, 4) is 5.75 Å². The van der Waals surface area contributed by atoms with Gasteiger partial charge >= 0.3 is 5.97 Å². The lowest BCUT2D eigenvalue weighted by Gasteiger charge is -2.26. The molecule has 0 radical (unpaired) electrons. The quantitative estimate of drug-likeness (QED) is 0.108. The van der Waals surface area contributed by atoms with Crippen molar-refractivity contribution in [1.29, 1.82) is 0 Å². The number of carbonyl (C=O) groups excluding carboxylic acids is 5. The number of hydrogen-bond acceptors (Lipinski definition) is 9. The van der Waals surface area contributed by atoms with Crippen molar-refractivity contribution < 1.29 is 44.1 Å². The third-order valence-electron chi connectivity index (χ3n) is 5.12. The zero-order chi connectivity index (χ0) is 28.3. The summed E-state index contributed by atoms with van der Waals surface area (Å²) in [7, 11) is 0. The number of primary amides is 2. The maximum absolute atomic E-state index is 12.9. The van der Waals surface area contributed by atoms with Crippen LogP contribution in [-0.2, 0) is 35.2 Å². The number of rotatable bonds is 15. The van der Waals surface area contributed by atoms with E-state index in [4.69, 9.17) is 17.2 Å². The normalized spacial score (nSPS) is 14.8. The number of aliphatic hydroxyl groups is 1. The van der Waals surface area contributed by atoms with Crippen molar-refractivity contribution in [2.75, 3.05) is 0 Å². The molecule has 1 aromatic carbocycles. The fourth-order valence-electron chi connectivity index (χ4n) is 3.13. The van der Waals surface area contributed by atoms with Gasteiger partial charge in [-0.2, -0.15) is 0 Å². The maximum Gasteiger partial charge on any atom is 0.326 e. The van der Waals surface area contributed by atoms with Gasteiger partial charge in [-0.05, 0) is 31.0 Å². The summed E-state index contributed by atoms with van der Waals surface area (Å²) in [6, 6.07) is -0.349. The zero-order valence-corrected chi connectivity index (χ0v) is 20.0. The molecule has 15 nitrogen and oxygen atoms in total. The molecular weight excluding hydrogens is 492 g/mol. The summed E-state index contributed by atoms with van der Waals surface area (Å²) in [4.78, 5) is 71.8. The minimum atomic E-state index is -1.65. The lowest BCUT2D eigenvalue weighted by molar-refractivity contribution is -0.143. The van der Waals surface area contributed by atoms with Crippen molar-refractivity contribution >= 4 is 35.5 Å². The Morgan fingerprint density at radius 1 is 0.865 bits per heavy atom. The van der Waals surface area contributed by atoms with Gasteiger partial charge in [0.25, 0.3) is 0 Å². The highest BCUT2D eigenvalue weighted by molar-refractivity contribution is 5.95. The van der Waals surface area contributed by atoms with Crippen LogP contribution in [0.15, 0.2) is 24.3 Å². The van der Waals surface area contributed by atoms with Crippen molar-refractivity contribution in [3.63, 3.8) is 0 Å². The lowest BCUT2D eigenvalue weighted by Crippen LogP contribution is -2.60. The van der Waals surface area contributed by atoms with Gasteiger partial charge < -0.3 is 48.5 Å². The van der Waals surface area contributed by atoms with E-state index >= 15 is 0 Å². The Balaban J connectivity index is 3.00. The minimum absolute atomic E-state index is 0.0369. The molecule has 37 heavy (non-hydrogen) atoms. The van der Waals surface area contributed by atoms with E-state index in [2.05, 4.69) is 16.0 Å². The Hall–Kier alpha value is -4.24. The number of nitrogens with two attached hydrogens (primary N) is 3. The van der Waals surface area contributed by atoms with E-state index < -0.39 is 72.2 Å². The first-order valence-corrected chi connectivity index (χ1v) is 11.1. The summed E-state index contributed by atoms with van der Waals surface area (Å²) in [5.74, 6) is -6.09. The van der Waals surface area contributed by atoms with E-state index in [0.717, 1.165) is 0 Å². The molecule has 0 aliphatic rings. The smallest absolute Gasteiger partial charge is 0.326 e.